The quantitative estimate of drug-likeness (QED) is 0.780. The Bertz CT molecular complexity index is 919. The van der Waals surface area contributed by atoms with E-state index in [-0.39, 0.29) is 5.91 Å². The fourth-order valence-corrected chi connectivity index (χ4v) is 4.78. The van der Waals surface area contributed by atoms with E-state index >= 15 is 0 Å². The summed E-state index contributed by atoms with van der Waals surface area (Å²) in [6.45, 7) is 0.692. The Kier molecular flexibility index (Phi) is 3.59. The van der Waals surface area contributed by atoms with Crippen molar-refractivity contribution in [3.8, 4) is 0 Å². The molecule has 1 N–H and O–H groups in total. The third-order valence-electron chi connectivity index (χ3n) is 5.87. The van der Waals surface area contributed by atoms with Gasteiger partial charge in [-0.25, -0.2) is 0 Å². The number of rotatable bonds is 3. The Morgan fingerprint density at radius 3 is 2.19 bits per heavy atom. The SMILES string of the molecule is O=C(NCC1CC2c3ccccc3C1c1ccccc12)c1cccnc1. The van der Waals surface area contributed by atoms with Gasteiger partial charge in [0.25, 0.3) is 5.91 Å². The number of amides is 1. The van der Waals surface area contributed by atoms with Crippen LogP contribution >= 0.6 is 0 Å². The van der Waals surface area contributed by atoms with E-state index in [0.29, 0.717) is 29.9 Å². The number of nitrogens with one attached hydrogen (secondary N) is 1. The summed E-state index contributed by atoms with van der Waals surface area (Å²) in [7, 11) is 0. The molecule has 3 aromatic rings. The molecule has 0 fully saturated rings. The molecular weight excluding hydrogens is 320 g/mol. The van der Waals surface area contributed by atoms with Gasteiger partial charge in [0.05, 0.1) is 5.56 Å². The number of hydrogen-bond donors (Lipinski definition) is 1. The van der Waals surface area contributed by atoms with E-state index in [4.69, 9.17) is 0 Å². The second-order valence-electron chi connectivity index (χ2n) is 7.24. The number of nitrogens with zero attached hydrogens (tertiary/aromatic N) is 1. The van der Waals surface area contributed by atoms with Crippen LogP contribution in [0.4, 0.5) is 0 Å². The molecule has 128 valence electrons. The first-order valence-electron chi connectivity index (χ1n) is 9.19. The van der Waals surface area contributed by atoms with Crippen molar-refractivity contribution in [2.75, 3.05) is 6.54 Å². The third kappa shape index (κ3) is 2.35. The second kappa shape index (κ2) is 6.10. The van der Waals surface area contributed by atoms with Gasteiger partial charge < -0.3 is 5.32 Å². The summed E-state index contributed by atoms with van der Waals surface area (Å²) in [5, 5.41) is 3.14. The highest BCUT2D eigenvalue weighted by Gasteiger charge is 2.42. The van der Waals surface area contributed by atoms with Crippen molar-refractivity contribution in [1.82, 2.24) is 10.3 Å². The van der Waals surface area contributed by atoms with Crippen LogP contribution in [-0.4, -0.2) is 17.4 Å². The summed E-state index contributed by atoms with van der Waals surface area (Å²) in [4.78, 5) is 16.5. The maximum absolute atomic E-state index is 12.4. The van der Waals surface area contributed by atoms with Gasteiger partial charge in [0.15, 0.2) is 0 Å². The Labute approximate surface area is 153 Å². The molecule has 2 aromatic carbocycles. The van der Waals surface area contributed by atoms with Crippen LogP contribution in [0.5, 0.6) is 0 Å². The average molecular weight is 340 g/mol. The Morgan fingerprint density at radius 1 is 0.923 bits per heavy atom. The largest absolute Gasteiger partial charge is 0.352 e. The molecule has 3 nitrogen and oxygen atoms in total. The first kappa shape index (κ1) is 15.3. The normalized spacial score (nSPS) is 22.4. The highest BCUT2D eigenvalue weighted by atomic mass is 16.1. The minimum Gasteiger partial charge on any atom is -0.352 e. The summed E-state index contributed by atoms with van der Waals surface area (Å²) in [5.41, 5.74) is 6.41. The molecule has 0 saturated carbocycles. The van der Waals surface area contributed by atoms with Gasteiger partial charge in [0.2, 0.25) is 0 Å². The van der Waals surface area contributed by atoms with E-state index in [2.05, 4.69) is 58.8 Å². The molecule has 3 aliphatic rings. The van der Waals surface area contributed by atoms with E-state index in [1.807, 2.05) is 0 Å². The van der Waals surface area contributed by atoms with Crippen molar-refractivity contribution < 1.29 is 4.79 Å². The second-order valence-corrected chi connectivity index (χ2v) is 7.24. The molecule has 3 aliphatic carbocycles. The van der Waals surface area contributed by atoms with Crippen molar-refractivity contribution in [2.24, 2.45) is 5.92 Å². The predicted molar refractivity (Wildman–Crippen MR) is 101 cm³/mol. The van der Waals surface area contributed by atoms with Crippen LogP contribution in [0.1, 0.15) is 50.9 Å². The lowest BCUT2D eigenvalue weighted by molar-refractivity contribution is 0.0942. The molecule has 2 bridgehead atoms. The molecule has 1 atom stereocenters. The molecule has 1 amide bonds. The van der Waals surface area contributed by atoms with Crippen molar-refractivity contribution in [2.45, 2.75) is 18.3 Å². The van der Waals surface area contributed by atoms with Crippen molar-refractivity contribution >= 4 is 5.91 Å². The smallest absolute Gasteiger partial charge is 0.252 e. The minimum atomic E-state index is -0.0406. The molecule has 1 aromatic heterocycles. The Morgan fingerprint density at radius 2 is 1.58 bits per heavy atom. The third-order valence-corrected chi connectivity index (χ3v) is 5.87. The molecule has 0 spiro atoms. The maximum atomic E-state index is 12.4. The van der Waals surface area contributed by atoms with E-state index in [0.717, 1.165) is 6.42 Å². The molecule has 6 rings (SSSR count). The number of carbonyl (C=O) groups is 1. The van der Waals surface area contributed by atoms with E-state index in [9.17, 15) is 4.79 Å². The summed E-state index contributed by atoms with van der Waals surface area (Å²) >= 11 is 0. The minimum absolute atomic E-state index is 0.0406. The van der Waals surface area contributed by atoms with Crippen molar-refractivity contribution in [3.05, 3.63) is 101 Å². The first-order valence-corrected chi connectivity index (χ1v) is 9.19. The molecule has 0 aliphatic heterocycles. The number of aromatic nitrogens is 1. The lowest BCUT2D eigenvalue weighted by Gasteiger charge is -2.45. The van der Waals surface area contributed by atoms with Gasteiger partial charge in [-0.3, -0.25) is 9.78 Å². The number of pyridine rings is 1. The van der Waals surface area contributed by atoms with Gasteiger partial charge in [0, 0.05) is 30.8 Å². The summed E-state index contributed by atoms with van der Waals surface area (Å²) < 4.78 is 0. The van der Waals surface area contributed by atoms with Gasteiger partial charge in [-0.1, -0.05) is 48.5 Å². The van der Waals surface area contributed by atoms with E-state index in [1.165, 1.54) is 22.3 Å². The molecule has 26 heavy (non-hydrogen) atoms. The molecule has 0 radical (unpaired) electrons. The zero-order valence-electron chi connectivity index (χ0n) is 14.4. The van der Waals surface area contributed by atoms with Crippen molar-refractivity contribution in [1.29, 1.82) is 0 Å². The lowest BCUT2D eigenvalue weighted by atomic mass is 9.59. The average Bonchev–Trinajstić information content (AvgIpc) is 2.73. The van der Waals surface area contributed by atoms with Crippen LogP contribution in [0.3, 0.4) is 0 Å². The monoisotopic (exact) mass is 340 g/mol. The lowest BCUT2D eigenvalue weighted by Crippen LogP contribution is -2.39. The highest BCUT2D eigenvalue weighted by Crippen LogP contribution is 2.55. The molecular formula is C23H20N2O. The van der Waals surface area contributed by atoms with Crippen LogP contribution in [0.15, 0.2) is 73.1 Å². The zero-order valence-corrected chi connectivity index (χ0v) is 14.4. The number of hydrogen-bond acceptors (Lipinski definition) is 2. The fourth-order valence-electron chi connectivity index (χ4n) is 4.78. The van der Waals surface area contributed by atoms with Crippen LogP contribution < -0.4 is 5.32 Å². The standard InChI is InChI=1S/C23H20N2O/c26-23(15-6-5-11-24-13-15)25-14-16-12-21-17-7-1-3-9-19(17)22(16)20-10-4-2-8-18(20)21/h1-11,13,16,21-22H,12,14H2,(H,25,26). The van der Waals surface area contributed by atoms with Gasteiger partial charge >= 0.3 is 0 Å². The van der Waals surface area contributed by atoms with Crippen LogP contribution in [-0.2, 0) is 0 Å². The number of carbonyl (C=O) groups excluding carboxylic acids is 1. The number of benzene rings is 2. The van der Waals surface area contributed by atoms with Crippen molar-refractivity contribution in [3.63, 3.8) is 0 Å². The van der Waals surface area contributed by atoms with Crippen LogP contribution in [0.2, 0.25) is 0 Å². The van der Waals surface area contributed by atoms with Gasteiger partial charge in [-0.05, 0) is 46.7 Å². The Balaban J connectivity index is 1.45. The molecule has 1 heterocycles. The molecule has 1 unspecified atom stereocenters. The van der Waals surface area contributed by atoms with Crippen LogP contribution in [0.25, 0.3) is 0 Å². The van der Waals surface area contributed by atoms with Gasteiger partial charge in [0.1, 0.15) is 0 Å². The highest BCUT2D eigenvalue weighted by molar-refractivity contribution is 5.93. The molecule has 0 saturated heterocycles. The summed E-state index contributed by atoms with van der Waals surface area (Å²) in [6.07, 6.45) is 4.39. The molecule has 3 heteroatoms. The fraction of sp³-hybridized carbons (Fsp3) is 0.217. The summed E-state index contributed by atoms with van der Waals surface area (Å²) in [6, 6.07) is 21.2. The first-order chi connectivity index (χ1) is 12.8. The van der Waals surface area contributed by atoms with Crippen LogP contribution in [0, 0.1) is 5.92 Å². The summed E-state index contributed by atoms with van der Waals surface area (Å²) in [5.74, 6) is 1.18. The predicted octanol–water partition coefficient (Wildman–Crippen LogP) is 4.11. The topological polar surface area (TPSA) is 42.0 Å². The zero-order chi connectivity index (χ0) is 17.5. The van der Waals surface area contributed by atoms with E-state index < -0.39 is 0 Å². The van der Waals surface area contributed by atoms with Gasteiger partial charge in [-0.2, -0.15) is 0 Å². The Hall–Kier alpha value is -2.94. The number of fused-ring (bicyclic) bond motifs is 1. The maximum Gasteiger partial charge on any atom is 0.252 e. The van der Waals surface area contributed by atoms with E-state index in [1.54, 1.807) is 24.5 Å². The van der Waals surface area contributed by atoms with Gasteiger partial charge in [-0.15, -0.1) is 0 Å².